The summed E-state index contributed by atoms with van der Waals surface area (Å²) in [5.74, 6) is -2.06. The molecule has 5 rings (SSSR count). The monoisotopic (exact) mass is 457 g/mol. The molecule has 0 bridgehead atoms. The second-order valence-corrected chi connectivity index (χ2v) is 9.51. The van der Waals surface area contributed by atoms with E-state index in [2.05, 4.69) is 10.1 Å². The van der Waals surface area contributed by atoms with Gasteiger partial charge in [-0.25, -0.2) is 13.8 Å². The number of fused-ring (bicyclic) bond motifs is 1. The van der Waals surface area contributed by atoms with E-state index >= 15 is 0 Å². The summed E-state index contributed by atoms with van der Waals surface area (Å²) in [5, 5.41) is 4.77. The molecule has 33 heavy (non-hydrogen) atoms. The lowest BCUT2D eigenvalue weighted by atomic mass is 9.83. The number of aromatic nitrogens is 5. The first-order valence-corrected chi connectivity index (χ1v) is 11.6. The molecule has 1 saturated heterocycles. The smallest absolute Gasteiger partial charge is 0.261 e. The number of nitrogens with zero attached hydrogens (tertiary/aromatic N) is 5. The molecule has 0 N–H and O–H groups in total. The number of halogens is 2. The van der Waals surface area contributed by atoms with Crippen molar-refractivity contribution < 1.29 is 13.5 Å². The molecule has 2 fully saturated rings. The van der Waals surface area contributed by atoms with Gasteiger partial charge in [0.1, 0.15) is 5.82 Å². The first-order valence-electron chi connectivity index (χ1n) is 11.6. The van der Waals surface area contributed by atoms with Crippen molar-refractivity contribution in [2.45, 2.75) is 69.3 Å². The van der Waals surface area contributed by atoms with E-state index in [4.69, 9.17) is 9.72 Å². The Balaban J connectivity index is 1.57. The first-order chi connectivity index (χ1) is 15.7. The largest absolute Gasteiger partial charge is 0.373 e. The number of hydrogen-bond donors (Lipinski definition) is 0. The highest BCUT2D eigenvalue weighted by atomic mass is 19.3. The van der Waals surface area contributed by atoms with Gasteiger partial charge in [-0.2, -0.15) is 5.10 Å². The van der Waals surface area contributed by atoms with E-state index in [1.165, 1.54) is 4.57 Å². The van der Waals surface area contributed by atoms with Crippen LogP contribution < -0.4 is 5.56 Å². The van der Waals surface area contributed by atoms with Gasteiger partial charge in [0, 0.05) is 62.8 Å². The Bertz CT molecular complexity index is 1240. The van der Waals surface area contributed by atoms with Crippen LogP contribution in [0.5, 0.6) is 0 Å². The van der Waals surface area contributed by atoms with Crippen LogP contribution >= 0.6 is 0 Å². The van der Waals surface area contributed by atoms with Gasteiger partial charge in [-0.3, -0.25) is 19.0 Å². The van der Waals surface area contributed by atoms with Gasteiger partial charge in [0.15, 0.2) is 0 Å². The molecule has 0 amide bonds. The van der Waals surface area contributed by atoms with Crippen LogP contribution in [0.25, 0.3) is 10.9 Å². The van der Waals surface area contributed by atoms with Crippen LogP contribution in [0.1, 0.15) is 79.2 Å². The van der Waals surface area contributed by atoms with E-state index in [-0.39, 0.29) is 36.3 Å². The van der Waals surface area contributed by atoms with Crippen LogP contribution in [0, 0.1) is 6.92 Å². The molecule has 2 aliphatic rings. The molecule has 9 heteroatoms. The molecular weight excluding hydrogens is 428 g/mol. The lowest BCUT2D eigenvalue weighted by Gasteiger charge is -2.31. The third-order valence-corrected chi connectivity index (χ3v) is 7.24. The van der Waals surface area contributed by atoms with Crippen molar-refractivity contribution in [3.63, 3.8) is 0 Å². The van der Waals surface area contributed by atoms with E-state index in [1.54, 1.807) is 18.7 Å². The van der Waals surface area contributed by atoms with Crippen molar-refractivity contribution in [3.05, 3.63) is 51.6 Å². The normalized spacial score (nSPS) is 23.8. The maximum Gasteiger partial charge on any atom is 0.261 e. The fourth-order valence-corrected chi connectivity index (χ4v) is 5.14. The highest BCUT2D eigenvalue weighted by Gasteiger charge is 2.37. The van der Waals surface area contributed by atoms with Crippen molar-refractivity contribution in [3.8, 4) is 0 Å². The lowest BCUT2D eigenvalue weighted by molar-refractivity contribution is -0.0384. The van der Waals surface area contributed by atoms with Gasteiger partial charge in [-0.1, -0.05) is 0 Å². The Morgan fingerprint density at radius 2 is 1.88 bits per heavy atom. The first kappa shape index (κ1) is 22.1. The van der Waals surface area contributed by atoms with E-state index in [9.17, 15) is 13.6 Å². The SMILES string of the molecule is Cc1nc2c(C3CCC(F)(F)CC3)nc([C@H]3CCO[C@H](c4cnn(C)c4)C3)cc2c(=O)n1C. The lowest BCUT2D eigenvalue weighted by Crippen LogP contribution is -2.27. The van der Waals surface area contributed by atoms with Crippen molar-refractivity contribution in [1.29, 1.82) is 0 Å². The maximum absolute atomic E-state index is 13.9. The fraction of sp³-hybridized carbons (Fsp3) is 0.583. The molecule has 176 valence electrons. The topological polar surface area (TPSA) is 74.8 Å². The zero-order valence-electron chi connectivity index (χ0n) is 19.2. The van der Waals surface area contributed by atoms with Crippen molar-refractivity contribution in [1.82, 2.24) is 24.3 Å². The molecular formula is C24H29F2N5O2. The van der Waals surface area contributed by atoms with Crippen LogP contribution in [0.3, 0.4) is 0 Å². The third-order valence-electron chi connectivity index (χ3n) is 7.24. The summed E-state index contributed by atoms with van der Waals surface area (Å²) in [5.41, 5.74) is 2.98. The van der Waals surface area contributed by atoms with Crippen LogP contribution in [0.2, 0.25) is 0 Å². The maximum atomic E-state index is 13.9. The minimum atomic E-state index is -2.62. The van der Waals surface area contributed by atoms with E-state index in [1.807, 2.05) is 25.5 Å². The number of hydrogen-bond acceptors (Lipinski definition) is 5. The molecule has 1 aliphatic heterocycles. The van der Waals surface area contributed by atoms with Crippen LogP contribution in [0.4, 0.5) is 8.78 Å². The minimum absolute atomic E-state index is 0.0919. The summed E-state index contributed by atoms with van der Waals surface area (Å²) >= 11 is 0. The number of alkyl halides is 2. The van der Waals surface area contributed by atoms with Gasteiger partial charge in [-0.15, -0.1) is 0 Å². The number of aryl methyl sites for hydroxylation is 2. The molecule has 1 aliphatic carbocycles. The molecule has 4 heterocycles. The summed E-state index contributed by atoms with van der Waals surface area (Å²) in [4.78, 5) is 22.8. The van der Waals surface area contributed by atoms with Crippen molar-refractivity contribution in [2.75, 3.05) is 6.61 Å². The zero-order valence-corrected chi connectivity index (χ0v) is 19.2. The van der Waals surface area contributed by atoms with Gasteiger partial charge in [0.2, 0.25) is 5.92 Å². The molecule has 1 saturated carbocycles. The third kappa shape index (κ3) is 4.18. The number of pyridine rings is 1. The zero-order chi connectivity index (χ0) is 23.3. The van der Waals surface area contributed by atoms with E-state index in [0.717, 1.165) is 24.1 Å². The van der Waals surface area contributed by atoms with Crippen LogP contribution in [0.15, 0.2) is 23.3 Å². The standard InChI is InChI=1S/C24H29F2N5O2/c1-14-28-22-18(23(32)31(14)3)11-19(29-21(22)15-4-7-24(25,26)8-5-15)16-6-9-33-20(10-16)17-12-27-30(2)13-17/h11-13,15-16,20H,4-10H2,1-3H3/t16-,20-/m0/s1. The predicted octanol–water partition coefficient (Wildman–Crippen LogP) is 4.30. The molecule has 0 aromatic carbocycles. The van der Waals surface area contributed by atoms with Gasteiger partial charge in [-0.05, 0) is 38.7 Å². The summed E-state index contributed by atoms with van der Waals surface area (Å²) in [7, 11) is 3.58. The Hall–Kier alpha value is -2.68. The van der Waals surface area contributed by atoms with Crippen molar-refractivity contribution >= 4 is 10.9 Å². The van der Waals surface area contributed by atoms with Gasteiger partial charge in [0.25, 0.3) is 5.56 Å². The highest BCUT2D eigenvalue weighted by Crippen LogP contribution is 2.43. The molecule has 0 unspecified atom stereocenters. The predicted molar refractivity (Wildman–Crippen MR) is 120 cm³/mol. The molecule has 3 aromatic rings. The second-order valence-electron chi connectivity index (χ2n) is 9.51. The van der Waals surface area contributed by atoms with E-state index < -0.39 is 5.92 Å². The quantitative estimate of drug-likeness (QED) is 0.586. The van der Waals surface area contributed by atoms with Crippen molar-refractivity contribution in [2.24, 2.45) is 14.1 Å². The van der Waals surface area contributed by atoms with Gasteiger partial charge in [0.05, 0.1) is 28.9 Å². The summed E-state index contributed by atoms with van der Waals surface area (Å²) in [6.07, 6.45) is 5.58. The van der Waals surface area contributed by atoms with Gasteiger partial charge < -0.3 is 4.74 Å². The molecule has 0 spiro atoms. The summed E-state index contributed by atoms with van der Waals surface area (Å²) < 4.78 is 37.0. The minimum Gasteiger partial charge on any atom is -0.373 e. The summed E-state index contributed by atoms with van der Waals surface area (Å²) in [6.45, 7) is 2.36. The number of rotatable bonds is 3. The second kappa shape index (κ2) is 8.27. The Kier molecular flexibility index (Phi) is 5.55. The molecule has 7 nitrogen and oxygen atoms in total. The average molecular weight is 458 g/mol. The molecule has 0 radical (unpaired) electrons. The summed E-state index contributed by atoms with van der Waals surface area (Å²) in [6, 6.07) is 1.86. The van der Waals surface area contributed by atoms with Crippen LogP contribution in [-0.4, -0.2) is 36.8 Å². The average Bonchev–Trinajstić information content (AvgIpc) is 3.24. The molecule has 2 atom stereocenters. The van der Waals surface area contributed by atoms with Crippen LogP contribution in [-0.2, 0) is 18.8 Å². The Morgan fingerprint density at radius 1 is 1.12 bits per heavy atom. The number of ether oxygens (including phenoxy) is 1. The highest BCUT2D eigenvalue weighted by molar-refractivity contribution is 5.81. The Labute approximate surface area is 190 Å². The van der Waals surface area contributed by atoms with E-state index in [0.29, 0.717) is 41.9 Å². The molecule has 3 aromatic heterocycles. The van der Waals surface area contributed by atoms with Gasteiger partial charge >= 0.3 is 0 Å². The fourth-order valence-electron chi connectivity index (χ4n) is 5.14. The Morgan fingerprint density at radius 3 is 2.58 bits per heavy atom.